The van der Waals surface area contributed by atoms with E-state index in [2.05, 4.69) is 56.2 Å². The number of nitrogens with zero attached hydrogens (tertiary/aromatic N) is 1. The normalized spacial score (nSPS) is 22.3. The van der Waals surface area contributed by atoms with Crippen molar-refractivity contribution in [1.82, 2.24) is 5.32 Å². The lowest BCUT2D eigenvalue weighted by atomic mass is 9.99. The van der Waals surface area contributed by atoms with Gasteiger partial charge in [-0.2, -0.15) is 0 Å². The molecule has 0 amide bonds. The summed E-state index contributed by atoms with van der Waals surface area (Å²) in [4.78, 5) is 2.35. The molecule has 1 aliphatic rings. The van der Waals surface area contributed by atoms with Crippen molar-refractivity contribution in [3.63, 3.8) is 0 Å². The van der Waals surface area contributed by atoms with Crippen molar-refractivity contribution in [1.29, 1.82) is 0 Å². The number of benzene rings is 1. The third-order valence-corrected chi connectivity index (χ3v) is 4.14. The van der Waals surface area contributed by atoms with Crippen LogP contribution in [0.2, 0.25) is 0 Å². The Morgan fingerprint density at radius 3 is 2.74 bits per heavy atom. The summed E-state index contributed by atoms with van der Waals surface area (Å²) in [5.74, 6) is 1.57. The van der Waals surface area contributed by atoms with Crippen molar-refractivity contribution in [2.45, 2.75) is 45.3 Å². The zero-order valence-corrected chi connectivity index (χ0v) is 12.7. The minimum Gasteiger partial charge on any atom is -0.486 e. The molecular formula is C16H26N2O. The number of likely N-dealkylation sites (N-methyl/N-ethyl adjacent to an activating group) is 1. The van der Waals surface area contributed by atoms with Gasteiger partial charge in [-0.05, 0) is 50.6 Å². The van der Waals surface area contributed by atoms with E-state index in [4.69, 9.17) is 4.74 Å². The summed E-state index contributed by atoms with van der Waals surface area (Å²) in [6, 6.07) is 6.98. The number of hydrogen-bond acceptors (Lipinski definition) is 3. The van der Waals surface area contributed by atoms with E-state index in [-0.39, 0.29) is 6.10 Å². The summed E-state index contributed by atoms with van der Waals surface area (Å²) >= 11 is 0. The molecule has 0 saturated carbocycles. The first-order valence-electron chi connectivity index (χ1n) is 7.22. The van der Waals surface area contributed by atoms with Crippen LogP contribution in [0.5, 0.6) is 5.75 Å². The maximum absolute atomic E-state index is 6.17. The molecule has 0 bridgehead atoms. The maximum Gasteiger partial charge on any atom is 0.143 e. The second kappa shape index (κ2) is 5.83. The summed E-state index contributed by atoms with van der Waals surface area (Å²) in [7, 11) is 4.16. The Morgan fingerprint density at radius 2 is 2.11 bits per heavy atom. The van der Waals surface area contributed by atoms with Gasteiger partial charge in [0.1, 0.15) is 11.9 Å². The Kier molecular flexibility index (Phi) is 4.35. The van der Waals surface area contributed by atoms with E-state index in [9.17, 15) is 0 Å². The summed E-state index contributed by atoms with van der Waals surface area (Å²) in [5, 5.41) is 3.20. The lowest BCUT2D eigenvalue weighted by Crippen LogP contribution is -2.47. The van der Waals surface area contributed by atoms with Gasteiger partial charge in [-0.3, -0.25) is 0 Å². The van der Waals surface area contributed by atoms with E-state index in [0.717, 1.165) is 18.7 Å². The van der Waals surface area contributed by atoms with E-state index >= 15 is 0 Å². The zero-order chi connectivity index (χ0) is 14.0. The van der Waals surface area contributed by atoms with Gasteiger partial charge in [0, 0.05) is 7.05 Å². The van der Waals surface area contributed by atoms with Gasteiger partial charge in [0.15, 0.2) is 0 Å². The number of ether oxygens (including phenoxy) is 1. The average Bonchev–Trinajstić information content (AvgIpc) is 2.40. The van der Waals surface area contributed by atoms with Crippen LogP contribution in [0.25, 0.3) is 0 Å². The molecule has 2 atom stereocenters. The van der Waals surface area contributed by atoms with Crippen LogP contribution in [-0.2, 0) is 0 Å². The van der Waals surface area contributed by atoms with Gasteiger partial charge >= 0.3 is 0 Å². The van der Waals surface area contributed by atoms with Gasteiger partial charge in [0.2, 0.25) is 0 Å². The maximum atomic E-state index is 6.17. The molecule has 0 radical (unpaired) electrons. The zero-order valence-electron chi connectivity index (χ0n) is 12.7. The molecule has 1 aromatic rings. The molecule has 0 aliphatic carbocycles. The molecule has 1 aromatic carbocycles. The molecular weight excluding hydrogens is 236 g/mol. The fraction of sp³-hybridized carbons (Fsp3) is 0.625. The highest BCUT2D eigenvalue weighted by molar-refractivity contribution is 5.62. The van der Waals surface area contributed by atoms with Crippen LogP contribution in [0, 0.1) is 0 Å². The molecule has 2 rings (SSSR count). The van der Waals surface area contributed by atoms with Crippen LogP contribution in [0.4, 0.5) is 5.69 Å². The van der Waals surface area contributed by atoms with Gasteiger partial charge in [-0.15, -0.1) is 0 Å². The Labute approximate surface area is 116 Å². The lowest BCUT2D eigenvalue weighted by molar-refractivity contribution is 0.151. The molecule has 2 unspecified atom stereocenters. The van der Waals surface area contributed by atoms with Gasteiger partial charge in [-0.1, -0.05) is 19.9 Å². The van der Waals surface area contributed by atoms with Crippen LogP contribution in [-0.4, -0.2) is 32.8 Å². The summed E-state index contributed by atoms with van der Waals surface area (Å²) in [5.41, 5.74) is 2.59. The summed E-state index contributed by atoms with van der Waals surface area (Å²) in [6.07, 6.45) is 1.29. The van der Waals surface area contributed by atoms with Crippen molar-refractivity contribution >= 4 is 5.69 Å². The summed E-state index contributed by atoms with van der Waals surface area (Å²) in [6.45, 7) is 7.68. The second-order valence-corrected chi connectivity index (χ2v) is 5.78. The first-order chi connectivity index (χ1) is 9.04. The average molecular weight is 262 g/mol. The van der Waals surface area contributed by atoms with Crippen molar-refractivity contribution in [2.75, 3.05) is 25.5 Å². The van der Waals surface area contributed by atoms with Crippen LogP contribution < -0.4 is 15.0 Å². The number of hydrogen-bond donors (Lipinski definition) is 1. The number of anilines is 1. The van der Waals surface area contributed by atoms with Gasteiger partial charge in [0.25, 0.3) is 0 Å². The number of nitrogens with one attached hydrogen (secondary N) is 1. The minimum absolute atomic E-state index is 0.259. The first-order valence-corrected chi connectivity index (χ1v) is 7.22. The molecule has 0 aromatic heterocycles. The van der Waals surface area contributed by atoms with Gasteiger partial charge in [-0.25, -0.2) is 0 Å². The molecule has 0 fully saturated rings. The Morgan fingerprint density at radius 1 is 1.37 bits per heavy atom. The van der Waals surface area contributed by atoms with Crippen molar-refractivity contribution in [2.24, 2.45) is 0 Å². The molecule has 0 saturated heterocycles. The van der Waals surface area contributed by atoms with E-state index in [0.29, 0.717) is 12.0 Å². The monoisotopic (exact) mass is 262 g/mol. The van der Waals surface area contributed by atoms with E-state index in [1.165, 1.54) is 11.3 Å². The van der Waals surface area contributed by atoms with Crippen molar-refractivity contribution in [3.8, 4) is 5.75 Å². The molecule has 19 heavy (non-hydrogen) atoms. The third-order valence-electron chi connectivity index (χ3n) is 4.14. The van der Waals surface area contributed by atoms with Crippen LogP contribution in [0.15, 0.2) is 18.2 Å². The Balaban J connectivity index is 2.25. The number of fused-ring (bicyclic) bond motifs is 1. The lowest BCUT2D eigenvalue weighted by Gasteiger charge is -2.40. The summed E-state index contributed by atoms with van der Waals surface area (Å²) < 4.78 is 6.17. The van der Waals surface area contributed by atoms with E-state index < -0.39 is 0 Å². The van der Waals surface area contributed by atoms with Crippen LogP contribution >= 0.6 is 0 Å². The largest absolute Gasteiger partial charge is 0.486 e. The molecule has 106 valence electrons. The fourth-order valence-corrected chi connectivity index (χ4v) is 2.59. The standard InChI is InChI=1S/C16H26N2O/c1-11(2)13-6-7-16-14(10-13)18(5)12(3)15(19-16)8-9-17-4/h6-7,10-12,15,17H,8-9H2,1-5H3. The molecule has 1 heterocycles. The molecule has 1 aliphatic heterocycles. The quantitative estimate of drug-likeness (QED) is 0.902. The second-order valence-electron chi connectivity index (χ2n) is 5.78. The fourth-order valence-electron chi connectivity index (χ4n) is 2.59. The highest BCUT2D eigenvalue weighted by atomic mass is 16.5. The van der Waals surface area contributed by atoms with Crippen LogP contribution in [0.1, 0.15) is 38.7 Å². The van der Waals surface area contributed by atoms with Gasteiger partial charge in [0.05, 0.1) is 11.7 Å². The minimum atomic E-state index is 0.259. The molecule has 3 heteroatoms. The van der Waals surface area contributed by atoms with E-state index in [1.807, 2.05) is 7.05 Å². The van der Waals surface area contributed by atoms with Crippen molar-refractivity contribution < 1.29 is 4.74 Å². The highest BCUT2D eigenvalue weighted by Crippen LogP contribution is 2.37. The van der Waals surface area contributed by atoms with Crippen molar-refractivity contribution in [3.05, 3.63) is 23.8 Å². The highest BCUT2D eigenvalue weighted by Gasteiger charge is 2.30. The third kappa shape index (κ3) is 2.86. The van der Waals surface area contributed by atoms with Gasteiger partial charge < -0.3 is 15.0 Å². The van der Waals surface area contributed by atoms with E-state index in [1.54, 1.807) is 0 Å². The topological polar surface area (TPSA) is 24.5 Å². The first kappa shape index (κ1) is 14.2. The predicted molar refractivity (Wildman–Crippen MR) is 81.4 cm³/mol. The van der Waals surface area contributed by atoms with Crippen LogP contribution in [0.3, 0.4) is 0 Å². The predicted octanol–water partition coefficient (Wildman–Crippen LogP) is 3.01. The number of rotatable bonds is 4. The molecule has 3 nitrogen and oxygen atoms in total. The Hall–Kier alpha value is -1.22. The smallest absolute Gasteiger partial charge is 0.143 e. The molecule has 0 spiro atoms. The SMILES string of the molecule is CNCCC1Oc2ccc(C(C)C)cc2N(C)C1C. The Bertz CT molecular complexity index is 431. The molecule has 1 N–H and O–H groups in total.